The lowest BCUT2D eigenvalue weighted by molar-refractivity contribution is 0.555. The Bertz CT molecular complexity index is 592. The molecule has 0 aliphatic carbocycles. The van der Waals surface area contributed by atoms with Crippen LogP contribution in [-0.2, 0) is 13.0 Å². The van der Waals surface area contributed by atoms with Crippen LogP contribution < -0.4 is 4.90 Å². The van der Waals surface area contributed by atoms with E-state index in [1.54, 1.807) is 6.20 Å². The predicted molar refractivity (Wildman–Crippen MR) is 74.4 cm³/mol. The molecular weight excluding hydrogens is 262 g/mol. The van der Waals surface area contributed by atoms with Gasteiger partial charge in [0.15, 0.2) is 0 Å². The summed E-state index contributed by atoms with van der Waals surface area (Å²) in [7, 11) is 0. The van der Waals surface area contributed by atoms with Crippen molar-refractivity contribution in [3.05, 3.63) is 35.3 Å². The number of hydrogen-bond acceptors (Lipinski definition) is 4. The molecule has 2 aromatic heterocycles. The van der Waals surface area contributed by atoms with Gasteiger partial charge < -0.3 is 9.47 Å². The van der Waals surface area contributed by atoms with E-state index in [0.29, 0.717) is 11.3 Å². The summed E-state index contributed by atoms with van der Waals surface area (Å²) < 4.78 is 2.23. The maximum absolute atomic E-state index is 5.86. The largest absolute Gasteiger partial charge is 0.350 e. The number of anilines is 1. The van der Waals surface area contributed by atoms with Crippen molar-refractivity contribution in [1.29, 1.82) is 0 Å². The summed E-state index contributed by atoms with van der Waals surface area (Å²) in [6, 6.07) is 2.32. The molecule has 0 unspecified atom stereocenters. The van der Waals surface area contributed by atoms with Crippen molar-refractivity contribution >= 4 is 17.4 Å². The molecule has 1 aliphatic rings. The molecular formula is C13H16ClN5. The van der Waals surface area contributed by atoms with Crippen LogP contribution in [0, 0.1) is 0 Å². The molecule has 5 nitrogen and oxygen atoms in total. The number of hydrogen-bond donors (Lipinski definition) is 0. The van der Waals surface area contributed by atoms with Crippen molar-refractivity contribution < 1.29 is 0 Å². The summed E-state index contributed by atoms with van der Waals surface area (Å²) >= 11 is 5.86. The van der Waals surface area contributed by atoms with Gasteiger partial charge in [-0.2, -0.15) is 0 Å². The maximum Gasteiger partial charge on any atom is 0.224 e. The summed E-state index contributed by atoms with van der Waals surface area (Å²) in [5.74, 6) is 0.877. The zero-order chi connectivity index (χ0) is 13.4. The van der Waals surface area contributed by atoms with Crippen molar-refractivity contribution in [2.75, 3.05) is 11.4 Å². The molecule has 0 radical (unpaired) electrons. The van der Waals surface area contributed by atoms with E-state index >= 15 is 0 Å². The monoisotopic (exact) mass is 277 g/mol. The lowest BCUT2D eigenvalue weighted by Crippen LogP contribution is -2.32. The molecule has 0 N–H and O–H groups in total. The highest BCUT2D eigenvalue weighted by Crippen LogP contribution is 2.24. The van der Waals surface area contributed by atoms with Crippen LogP contribution in [0.3, 0.4) is 0 Å². The van der Waals surface area contributed by atoms with Gasteiger partial charge in [-0.3, -0.25) is 0 Å². The van der Waals surface area contributed by atoms with Crippen LogP contribution in [0.4, 0.5) is 5.82 Å². The fourth-order valence-electron chi connectivity index (χ4n) is 2.45. The minimum absolute atomic E-state index is 0.292. The molecule has 0 saturated heterocycles. The third-order valence-corrected chi connectivity index (χ3v) is 3.62. The van der Waals surface area contributed by atoms with E-state index in [1.807, 2.05) is 12.4 Å². The smallest absolute Gasteiger partial charge is 0.224 e. The maximum atomic E-state index is 5.86. The minimum Gasteiger partial charge on any atom is -0.350 e. The summed E-state index contributed by atoms with van der Waals surface area (Å²) in [5.41, 5.74) is 2.47. The Morgan fingerprint density at radius 3 is 2.89 bits per heavy atom. The zero-order valence-electron chi connectivity index (χ0n) is 11.0. The zero-order valence-corrected chi connectivity index (χ0v) is 11.8. The topological polar surface area (TPSA) is 46.8 Å². The number of halogens is 1. The molecule has 0 fully saturated rings. The second kappa shape index (κ2) is 4.81. The Morgan fingerprint density at radius 1 is 1.32 bits per heavy atom. The molecule has 3 heterocycles. The Morgan fingerprint density at radius 2 is 2.16 bits per heavy atom. The molecule has 0 amide bonds. The van der Waals surface area contributed by atoms with Gasteiger partial charge in [-0.05, 0) is 31.5 Å². The van der Waals surface area contributed by atoms with Crippen LogP contribution in [0.1, 0.15) is 31.3 Å². The van der Waals surface area contributed by atoms with Gasteiger partial charge in [0, 0.05) is 25.2 Å². The lowest BCUT2D eigenvalue weighted by Gasteiger charge is -2.29. The summed E-state index contributed by atoms with van der Waals surface area (Å²) in [5, 5.41) is 0.292. The van der Waals surface area contributed by atoms with E-state index in [-0.39, 0.29) is 0 Å². The average Bonchev–Trinajstić information content (AvgIpc) is 2.81. The molecule has 0 bridgehead atoms. The molecule has 100 valence electrons. The number of nitrogens with zero attached hydrogens (tertiary/aromatic N) is 5. The molecule has 0 aromatic carbocycles. The molecule has 2 aromatic rings. The van der Waals surface area contributed by atoms with Crippen LogP contribution in [0.15, 0.2) is 18.6 Å². The van der Waals surface area contributed by atoms with Gasteiger partial charge in [-0.15, -0.1) is 0 Å². The first-order chi connectivity index (χ1) is 9.15. The highest BCUT2D eigenvalue weighted by molar-refractivity contribution is 6.28. The molecule has 19 heavy (non-hydrogen) atoms. The lowest BCUT2D eigenvalue weighted by atomic mass is 10.1. The van der Waals surface area contributed by atoms with E-state index < -0.39 is 0 Å². The quantitative estimate of drug-likeness (QED) is 0.791. The van der Waals surface area contributed by atoms with E-state index in [9.17, 15) is 0 Å². The van der Waals surface area contributed by atoms with E-state index in [1.165, 1.54) is 11.4 Å². The van der Waals surface area contributed by atoms with Gasteiger partial charge >= 0.3 is 0 Å². The SMILES string of the molecule is CC(C)n1cnc2c1CN(c1ccnc(Cl)n1)CC2. The number of rotatable bonds is 2. The van der Waals surface area contributed by atoms with Crippen LogP contribution in [0.25, 0.3) is 0 Å². The van der Waals surface area contributed by atoms with E-state index in [0.717, 1.165) is 25.3 Å². The first-order valence-corrected chi connectivity index (χ1v) is 6.81. The molecule has 0 atom stereocenters. The van der Waals surface area contributed by atoms with Crippen molar-refractivity contribution in [1.82, 2.24) is 19.5 Å². The third-order valence-electron chi connectivity index (χ3n) is 3.43. The van der Waals surface area contributed by atoms with Gasteiger partial charge in [0.1, 0.15) is 5.82 Å². The standard InChI is InChI=1S/C13H16ClN5/c1-9(2)19-8-16-10-4-6-18(7-11(10)19)12-3-5-15-13(14)17-12/h3,5,8-9H,4,6-7H2,1-2H3. The highest BCUT2D eigenvalue weighted by Gasteiger charge is 2.22. The number of aromatic nitrogens is 4. The van der Waals surface area contributed by atoms with Gasteiger partial charge in [0.2, 0.25) is 5.28 Å². The average molecular weight is 278 g/mol. The summed E-state index contributed by atoms with van der Waals surface area (Å²) in [6.45, 7) is 6.07. The van der Waals surface area contributed by atoms with Gasteiger partial charge in [0.25, 0.3) is 0 Å². The third kappa shape index (κ3) is 2.30. The van der Waals surface area contributed by atoms with Crippen LogP contribution in [0.2, 0.25) is 5.28 Å². The van der Waals surface area contributed by atoms with E-state index in [4.69, 9.17) is 11.6 Å². The Labute approximate surface area is 117 Å². The first kappa shape index (κ1) is 12.4. The highest BCUT2D eigenvalue weighted by atomic mass is 35.5. The molecule has 0 saturated carbocycles. The second-order valence-corrected chi connectivity index (χ2v) is 5.33. The minimum atomic E-state index is 0.292. The summed E-state index contributed by atoms with van der Waals surface area (Å²) in [4.78, 5) is 14.9. The van der Waals surface area contributed by atoms with Crippen molar-refractivity contribution in [2.24, 2.45) is 0 Å². The fraction of sp³-hybridized carbons (Fsp3) is 0.462. The number of imidazole rings is 1. The van der Waals surface area contributed by atoms with Crippen molar-refractivity contribution in [3.63, 3.8) is 0 Å². The Kier molecular flexibility index (Phi) is 3.14. The van der Waals surface area contributed by atoms with Crippen LogP contribution in [-0.4, -0.2) is 26.1 Å². The summed E-state index contributed by atoms with van der Waals surface area (Å²) in [6.07, 6.45) is 4.57. The first-order valence-electron chi connectivity index (χ1n) is 6.43. The number of fused-ring (bicyclic) bond motifs is 1. The Hall–Kier alpha value is -1.62. The fourth-order valence-corrected chi connectivity index (χ4v) is 2.59. The molecule has 3 rings (SSSR count). The van der Waals surface area contributed by atoms with Crippen LogP contribution >= 0.6 is 11.6 Å². The van der Waals surface area contributed by atoms with Crippen LogP contribution in [0.5, 0.6) is 0 Å². The Balaban J connectivity index is 1.91. The predicted octanol–water partition coefficient (Wildman–Crippen LogP) is 2.47. The van der Waals surface area contributed by atoms with Gasteiger partial charge in [-0.25, -0.2) is 15.0 Å². The van der Waals surface area contributed by atoms with Gasteiger partial charge in [-0.1, -0.05) is 0 Å². The van der Waals surface area contributed by atoms with Crippen molar-refractivity contribution in [2.45, 2.75) is 32.9 Å². The molecule has 1 aliphatic heterocycles. The van der Waals surface area contributed by atoms with Gasteiger partial charge in [0.05, 0.1) is 24.3 Å². The second-order valence-electron chi connectivity index (χ2n) is 4.99. The molecule has 6 heteroatoms. The normalized spacial score (nSPS) is 14.8. The van der Waals surface area contributed by atoms with E-state index in [2.05, 4.69) is 38.3 Å². The van der Waals surface area contributed by atoms with Crippen molar-refractivity contribution in [3.8, 4) is 0 Å². The molecule has 0 spiro atoms.